The van der Waals surface area contributed by atoms with E-state index in [-0.39, 0.29) is 18.6 Å². The maximum Gasteiger partial charge on any atom is 0.262 e. The lowest BCUT2D eigenvalue weighted by Gasteiger charge is -2.15. The minimum atomic E-state index is -0.390. The Bertz CT molecular complexity index is 1060. The minimum Gasteiger partial charge on any atom is -0.495 e. The highest BCUT2D eigenvalue weighted by molar-refractivity contribution is 6.32. The third kappa shape index (κ3) is 5.96. The monoisotopic (exact) mass is 439 g/mol. The Kier molecular flexibility index (Phi) is 7.45. The molecule has 1 atom stereocenters. The molecule has 0 aliphatic heterocycles. The molecule has 2 amide bonds. The SMILES string of the molecule is COc1ccc(NC(=O)COc2ccccc2C(=O)N[C@@H](C)c2ccccn2)cc1Cl. The fourth-order valence-corrected chi connectivity index (χ4v) is 3.10. The smallest absolute Gasteiger partial charge is 0.262 e. The van der Waals surface area contributed by atoms with Crippen LogP contribution in [0.1, 0.15) is 29.0 Å². The van der Waals surface area contributed by atoms with Gasteiger partial charge in [0, 0.05) is 11.9 Å². The number of nitrogens with one attached hydrogen (secondary N) is 2. The Morgan fingerprint density at radius 2 is 1.84 bits per heavy atom. The molecule has 0 fully saturated rings. The van der Waals surface area contributed by atoms with Crippen molar-refractivity contribution in [3.05, 3.63) is 83.1 Å². The molecule has 0 saturated carbocycles. The lowest BCUT2D eigenvalue weighted by molar-refractivity contribution is -0.118. The molecule has 31 heavy (non-hydrogen) atoms. The Morgan fingerprint density at radius 3 is 2.55 bits per heavy atom. The van der Waals surface area contributed by atoms with Crippen molar-refractivity contribution in [1.29, 1.82) is 0 Å². The zero-order chi connectivity index (χ0) is 22.2. The average molecular weight is 440 g/mol. The van der Waals surface area contributed by atoms with Crippen molar-refractivity contribution in [3.8, 4) is 11.5 Å². The summed E-state index contributed by atoms with van der Waals surface area (Å²) >= 11 is 6.07. The summed E-state index contributed by atoms with van der Waals surface area (Å²) in [6.07, 6.45) is 1.67. The van der Waals surface area contributed by atoms with Gasteiger partial charge in [-0.15, -0.1) is 0 Å². The van der Waals surface area contributed by atoms with Gasteiger partial charge in [0.1, 0.15) is 11.5 Å². The molecule has 0 bridgehead atoms. The second-order valence-corrected chi connectivity index (χ2v) is 7.04. The first kappa shape index (κ1) is 22.1. The average Bonchev–Trinajstić information content (AvgIpc) is 2.78. The van der Waals surface area contributed by atoms with E-state index in [0.29, 0.717) is 27.8 Å². The molecule has 7 nitrogen and oxygen atoms in total. The van der Waals surface area contributed by atoms with E-state index in [2.05, 4.69) is 15.6 Å². The van der Waals surface area contributed by atoms with Crippen LogP contribution < -0.4 is 20.1 Å². The number of hydrogen-bond acceptors (Lipinski definition) is 5. The van der Waals surface area contributed by atoms with Gasteiger partial charge in [-0.25, -0.2) is 0 Å². The third-order valence-corrected chi connectivity index (χ3v) is 4.70. The molecular formula is C23H22ClN3O4. The summed E-state index contributed by atoms with van der Waals surface area (Å²) < 4.78 is 10.7. The molecule has 2 N–H and O–H groups in total. The van der Waals surface area contributed by atoms with E-state index < -0.39 is 5.91 Å². The number of benzene rings is 2. The number of ether oxygens (including phenoxy) is 2. The van der Waals surface area contributed by atoms with Crippen molar-refractivity contribution in [2.45, 2.75) is 13.0 Å². The number of aromatic nitrogens is 1. The molecule has 1 aromatic heterocycles. The highest BCUT2D eigenvalue weighted by Crippen LogP contribution is 2.27. The van der Waals surface area contributed by atoms with Crippen molar-refractivity contribution >= 4 is 29.1 Å². The van der Waals surface area contributed by atoms with Gasteiger partial charge in [0.05, 0.1) is 29.4 Å². The first-order valence-corrected chi connectivity index (χ1v) is 9.92. The number of rotatable bonds is 8. The van der Waals surface area contributed by atoms with E-state index in [0.717, 1.165) is 5.69 Å². The summed E-state index contributed by atoms with van der Waals surface area (Å²) in [5.41, 5.74) is 1.58. The van der Waals surface area contributed by atoms with Gasteiger partial charge in [0.2, 0.25) is 0 Å². The molecule has 0 saturated heterocycles. The third-order valence-electron chi connectivity index (χ3n) is 4.41. The van der Waals surface area contributed by atoms with E-state index in [1.54, 1.807) is 48.7 Å². The summed E-state index contributed by atoms with van der Waals surface area (Å²) in [4.78, 5) is 29.3. The number of methoxy groups -OCH3 is 1. The Labute approximate surface area is 185 Å². The molecule has 160 valence electrons. The van der Waals surface area contributed by atoms with E-state index in [1.807, 2.05) is 25.1 Å². The number of carbonyl (C=O) groups is 2. The fourth-order valence-electron chi connectivity index (χ4n) is 2.85. The maximum atomic E-state index is 12.7. The zero-order valence-electron chi connectivity index (χ0n) is 17.1. The number of nitrogens with zero attached hydrogens (tertiary/aromatic N) is 1. The van der Waals surface area contributed by atoms with Crippen molar-refractivity contribution < 1.29 is 19.1 Å². The quantitative estimate of drug-likeness (QED) is 0.547. The summed E-state index contributed by atoms with van der Waals surface area (Å²) in [6.45, 7) is 1.57. The zero-order valence-corrected chi connectivity index (χ0v) is 17.8. The van der Waals surface area contributed by atoms with Crippen LogP contribution in [0.25, 0.3) is 0 Å². The molecule has 1 heterocycles. The van der Waals surface area contributed by atoms with Crippen LogP contribution >= 0.6 is 11.6 Å². The van der Waals surface area contributed by atoms with Crippen LogP contribution in [0.15, 0.2) is 66.9 Å². The van der Waals surface area contributed by atoms with Crippen LogP contribution in [-0.2, 0) is 4.79 Å². The van der Waals surface area contributed by atoms with Gasteiger partial charge < -0.3 is 20.1 Å². The standard InChI is InChI=1S/C23H22ClN3O4/c1-15(19-8-5-6-12-25-19)26-23(29)17-7-3-4-9-20(17)31-14-22(28)27-16-10-11-21(30-2)18(24)13-16/h3-13,15H,14H2,1-2H3,(H,26,29)(H,27,28)/t15-/m0/s1. The van der Waals surface area contributed by atoms with Crippen molar-refractivity contribution in [3.63, 3.8) is 0 Å². The van der Waals surface area contributed by atoms with Gasteiger partial charge in [-0.2, -0.15) is 0 Å². The molecule has 8 heteroatoms. The van der Waals surface area contributed by atoms with Gasteiger partial charge in [-0.1, -0.05) is 29.8 Å². The molecule has 2 aromatic carbocycles. The van der Waals surface area contributed by atoms with Crippen molar-refractivity contribution in [1.82, 2.24) is 10.3 Å². The topological polar surface area (TPSA) is 89.5 Å². The normalized spacial score (nSPS) is 11.3. The van der Waals surface area contributed by atoms with Gasteiger partial charge in [0.15, 0.2) is 6.61 Å². The molecular weight excluding hydrogens is 418 g/mol. The second kappa shape index (κ2) is 10.4. The first-order valence-electron chi connectivity index (χ1n) is 9.55. The van der Waals surface area contributed by atoms with Crippen LogP contribution in [-0.4, -0.2) is 30.5 Å². The predicted molar refractivity (Wildman–Crippen MR) is 119 cm³/mol. The summed E-state index contributed by atoms with van der Waals surface area (Å²) in [5, 5.41) is 5.96. The highest BCUT2D eigenvalue weighted by atomic mass is 35.5. The van der Waals surface area contributed by atoms with Crippen LogP contribution in [0.4, 0.5) is 5.69 Å². The first-order chi connectivity index (χ1) is 15.0. The summed E-state index contributed by atoms with van der Waals surface area (Å²) in [7, 11) is 1.51. The molecule has 0 aliphatic carbocycles. The number of para-hydroxylation sites is 1. The lowest BCUT2D eigenvalue weighted by Crippen LogP contribution is -2.28. The van der Waals surface area contributed by atoms with E-state index in [4.69, 9.17) is 21.1 Å². The van der Waals surface area contributed by atoms with Crippen molar-refractivity contribution in [2.75, 3.05) is 19.0 Å². The van der Waals surface area contributed by atoms with E-state index in [9.17, 15) is 9.59 Å². The number of carbonyl (C=O) groups excluding carboxylic acids is 2. The Morgan fingerprint density at radius 1 is 1.06 bits per heavy atom. The van der Waals surface area contributed by atoms with Gasteiger partial charge >= 0.3 is 0 Å². The van der Waals surface area contributed by atoms with Gasteiger partial charge in [0.25, 0.3) is 11.8 Å². The lowest BCUT2D eigenvalue weighted by atomic mass is 10.1. The number of pyridine rings is 1. The van der Waals surface area contributed by atoms with Crippen LogP contribution in [0.2, 0.25) is 5.02 Å². The molecule has 0 unspecified atom stereocenters. The van der Waals surface area contributed by atoms with Gasteiger partial charge in [-0.3, -0.25) is 14.6 Å². The Balaban J connectivity index is 1.61. The number of amides is 2. The number of anilines is 1. The van der Waals surface area contributed by atoms with Crippen molar-refractivity contribution in [2.24, 2.45) is 0 Å². The van der Waals surface area contributed by atoms with Gasteiger partial charge in [-0.05, 0) is 49.4 Å². The molecule has 0 spiro atoms. The second-order valence-electron chi connectivity index (χ2n) is 6.63. The molecule has 3 aromatic rings. The van der Waals surface area contributed by atoms with Crippen LogP contribution in [0.5, 0.6) is 11.5 Å². The fraction of sp³-hybridized carbons (Fsp3) is 0.174. The highest BCUT2D eigenvalue weighted by Gasteiger charge is 2.17. The van der Waals surface area contributed by atoms with Crippen LogP contribution in [0.3, 0.4) is 0 Å². The van der Waals surface area contributed by atoms with E-state index >= 15 is 0 Å². The molecule has 0 aliphatic rings. The minimum absolute atomic E-state index is 0.274. The maximum absolute atomic E-state index is 12.7. The van der Waals surface area contributed by atoms with E-state index in [1.165, 1.54) is 7.11 Å². The number of halogens is 1. The summed E-state index contributed by atoms with van der Waals surface area (Å²) in [5.74, 6) is 0.0984. The predicted octanol–water partition coefficient (Wildman–Crippen LogP) is 4.25. The summed E-state index contributed by atoms with van der Waals surface area (Å²) in [6, 6.07) is 16.9. The number of hydrogen-bond donors (Lipinski definition) is 2. The molecule has 3 rings (SSSR count). The largest absolute Gasteiger partial charge is 0.495 e. The van der Waals surface area contributed by atoms with Crippen LogP contribution in [0, 0.1) is 0 Å². The Hall–Kier alpha value is -3.58. The molecule has 0 radical (unpaired) electrons.